The molecule has 0 aromatic heterocycles. The van der Waals surface area contributed by atoms with E-state index in [-0.39, 0.29) is 5.25 Å². The zero-order chi connectivity index (χ0) is 10.9. The Morgan fingerprint density at radius 1 is 1.40 bits per heavy atom. The molecule has 5 heteroatoms. The lowest BCUT2D eigenvalue weighted by atomic mass is 10.2. The molecule has 2 saturated heterocycles. The molecule has 4 nitrogen and oxygen atoms in total. The minimum Gasteiger partial charge on any atom is -0.313 e. The highest BCUT2D eigenvalue weighted by molar-refractivity contribution is 7.91. The number of rotatable bonds is 3. The van der Waals surface area contributed by atoms with Crippen LogP contribution in [-0.4, -0.2) is 57.0 Å². The van der Waals surface area contributed by atoms with Crippen LogP contribution in [0.25, 0.3) is 0 Å². The molecular weight excluding hydrogens is 212 g/mol. The van der Waals surface area contributed by atoms with E-state index in [2.05, 4.69) is 10.2 Å². The van der Waals surface area contributed by atoms with Crippen LogP contribution in [0.1, 0.15) is 19.3 Å². The quantitative estimate of drug-likeness (QED) is 0.736. The van der Waals surface area contributed by atoms with Crippen molar-refractivity contribution in [1.82, 2.24) is 10.2 Å². The summed E-state index contributed by atoms with van der Waals surface area (Å²) >= 11 is 0. The Kier molecular flexibility index (Phi) is 3.33. The van der Waals surface area contributed by atoms with Crippen LogP contribution in [-0.2, 0) is 9.84 Å². The van der Waals surface area contributed by atoms with Gasteiger partial charge in [0.2, 0.25) is 0 Å². The second-order valence-corrected chi connectivity index (χ2v) is 7.12. The molecule has 2 atom stereocenters. The summed E-state index contributed by atoms with van der Waals surface area (Å²) in [4.78, 5) is 2.29. The van der Waals surface area contributed by atoms with E-state index in [1.54, 1.807) is 0 Å². The zero-order valence-corrected chi connectivity index (χ0v) is 10.1. The van der Waals surface area contributed by atoms with E-state index in [0.717, 1.165) is 32.6 Å². The van der Waals surface area contributed by atoms with Gasteiger partial charge in [-0.1, -0.05) is 0 Å². The first-order valence-corrected chi connectivity index (χ1v) is 7.66. The molecule has 0 aromatic carbocycles. The van der Waals surface area contributed by atoms with Gasteiger partial charge in [0.05, 0.1) is 5.25 Å². The van der Waals surface area contributed by atoms with Crippen molar-refractivity contribution in [3.8, 4) is 0 Å². The lowest BCUT2D eigenvalue weighted by Crippen LogP contribution is -2.37. The molecule has 1 N–H and O–H groups in total. The molecule has 0 radical (unpaired) electrons. The largest absolute Gasteiger partial charge is 0.313 e. The maximum atomic E-state index is 11.4. The second kappa shape index (κ2) is 4.39. The summed E-state index contributed by atoms with van der Waals surface area (Å²) < 4.78 is 22.7. The molecule has 0 aliphatic carbocycles. The summed E-state index contributed by atoms with van der Waals surface area (Å²) in [5.41, 5.74) is 0. The van der Waals surface area contributed by atoms with Crippen molar-refractivity contribution >= 4 is 9.84 Å². The maximum absolute atomic E-state index is 11.4. The molecule has 2 heterocycles. The van der Waals surface area contributed by atoms with Crippen molar-refractivity contribution in [2.75, 3.05) is 32.4 Å². The molecule has 0 bridgehead atoms. The lowest BCUT2D eigenvalue weighted by Gasteiger charge is -2.20. The van der Waals surface area contributed by atoms with Gasteiger partial charge in [-0.3, -0.25) is 0 Å². The summed E-state index contributed by atoms with van der Waals surface area (Å²) in [6, 6.07) is 0.586. The molecule has 0 spiro atoms. The molecule has 2 rings (SSSR count). The molecular formula is C10H20N2O2S. The van der Waals surface area contributed by atoms with Crippen LogP contribution < -0.4 is 5.32 Å². The Morgan fingerprint density at radius 2 is 2.20 bits per heavy atom. The topological polar surface area (TPSA) is 49.4 Å². The predicted molar refractivity (Wildman–Crippen MR) is 60.7 cm³/mol. The third-order valence-corrected chi connectivity index (χ3v) is 5.07. The van der Waals surface area contributed by atoms with Crippen molar-refractivity contribution in [1.29, 1.82) is 0 Å². The first-order valence-electron chi connectivity index (χ1n) is 5.70. The molecule has 2 aliphatic rings. The normalized spacial score (nSPS) is 33.7. The minimum absolute atomic E-state index is 0.126. The zero-order valence-electron chi connectivity index (χ0n) is 9.28. The van der Waals surface area contributed by atoms with Gasteiger partial charge in [0.15, 0.2) is 9.84 Å². The summed E-state index contributed by atoms with van der Waals surface area (Å²) in [6.45, 7) is 3.81. The van der Waals surface area contributed by atoms with Crippen LogP contribution in [0.4, 0.5) is 0 Å². The predicted octanol–water partition coefficient (Wildman–Crippen LogP) is -0.143. The van der Waals surface area contributed by atoms with E-state index in [0.29, 0.717) is 6.04 Å². The van der Waals surface area contributed by atoms with Crippen LogP contribution in [0.5, 0.6) is 0 Å². The van der Waals surface area contributed by atoms with Crippen LogP contribution in [0, 0.1) is 0 Å². The van der Waals surface area contributed by atoms with Gasteiger partial charge < -0.3 is 10.2 Å². The number of hydrogen-bond donors (Lipinski definition) is 1. The molecule has 88 valence electrons. The molecule has 0 saturated carbocycles. The Bertz CT molecular complexity index is 309. The highest BCUT2D eigenvalue weighted by Gasteiger charge is 2.31. The van der Waals surface area contributed by atoms with Crippen LogP contribution in [0.2, 0.25) is 0 Å². The number of likely N-dealkylation sites (tertiary alicyclic amines) is 1. The first kappa shape index (κ1) is 11.4. The number of hydrogen-bond acceptors (Lipinski definition) is 4. The molecule has 15 heavy (non-hydrogen) atoms. The van der Waals surface area contributed by atoms with Gasteiger partial charge in [-0.05, 0) is 32.4 Å². The van der Waals surface area contributed by atoms with E-state index in [9.17, 15) is 8.42 Å². The Morgan fingerprint density at radius 3 is 2.73 bits per heavy atom. The lowest BCUT2D eigenvalue weighted by molar-refractivity contribution is 0.303. The fraction of sp³-hybridized carbons (Fsp3) is 1.00. The average Bonchev–Trinajstić information content (AvgIpc) is 2.73. The number of nitrogens with zero attached hydrogens (tertiary/aromatic N) is 1. The fourth-order valence-electron chi connectivity index (χ4n) is 2.54. The molecule has 0 amide bonds. The third kappa shape index (κ3) is 2.92. The first-order chi connectivity index (χ1) is 7.05. The van der Waals surface area contributed by atoms with E-state index in [4.69, 9.17) is 0 Å². The highest BCUT2D eigenvalue weighted by Crippen LogP contribution is 2.17. The molecule has 2 unspecified atom stereocenters. The number of sulfone groups is 1. The smallest absolute Gasteiger partial charge is 0.151 e. The van der Waals surface area contributed by atoms with Crippen molar-refractivity contribution in [3.05, 3.63) is 0 Å². The standard InChI is InChI=1S/C10H20N2O2S/c1-15(13,14)10-4-6-12(8-10)7-9-3-2-5-11-9/h9-11H,2-8H2,1H3. The van der Waals surface area contributed by atoms with Crippen LogP contribution in [0.15, 0.2) is 0 Å². The number of nitrogens with one attached hydrogen (secondary N) is 1. The van der Waals surface area contributed by atoms with E-state index in [1.807, 2.05) is 0 Å². The van der Waals surface area contributed by atoms with Gasteiger partial charge in [0.25, 0.3) is 0 Å². The molecule has 2 aliphatic heterocycles. The Balaban J connectivity index is 1.82. The van der Waals surface area contributed by atoms with Crippen molar-refractivity contribution < 1.29 is 8.42 Å². The Labute approximate surface area is 91.9 Å². The van der Waals surface area contributed by atoms with E-state index >= 15 is 0 Å². The third-order valence-electron chi connectivity index (χ3n) is 3.48. The Hall–Kier alpha value is -0.130. The van der Waals surface area contributed by atoms with Crippen molar-refractivity contribution in [2.24, 2.45) is 0 Å². The van der Waals surface area contributed by atoms with Gasteiger partial charge in [0, 0.05) is 25.4 Å². The van der Waals surface area contributed by atoms with Gasteiger partial charge >= 0.3 is 0 Å². The fourth-order valence-corrected chi connectivity index (χ4v) is 3.55. The van der Waals surface area contributed by atoms with Gasteiger partial charge in [-0.25, -0.2) is 8.42 Å². The van der Waals surface area contributed by atoms with E-state index in [1.165, 1.54) is 19.1 Å². The summed E-state index contributed by atoms with van der Waals surface area (Å²) in [6.07, 6.45) is 4.66. The summed E-state index contributed by atoms with van der Waals surface area (Å²) in [7, 11) is -2.83. The average molecular weight is 232 g/mol. The maximum Gasteiger partial charge on any atom is 0.151 e. The van der Waals surface area contributed by atoms with Crippen molar-refractivity contribution in [2.45, 2.75) is 30.6 Å². The monoisotopic (exact) mass is 232 g/mol. The SMILES string of the molecule is CS(=O)(=O)C1CCN(CC2CCCN2)C1. The van der Waals surface area contributed by atoms with Crippen molar-refractivity contribution in [3.63, 3.8) is 0 Å². The molecule has 2 fully saturated rings. The second-order valence-electron chi connectivity index (χ2n) is 4.79. The van der Waals surface area contributed by atoms with Gasteiger partial charge in [-0.2, -0.15) is 0 Å². The van der Waals surface area contributed by atoms with E-state index < -0.39 is 9.84 Å². The van der Waals surface area contributed by atoms with Crippen LogP contribution in [0.3, 0.4) is 0 Å². The highest BCUT2D eigenvalue weighted by atomic mass is 32.2. The summed E-state index contributed by atoms with van der Waals surface area (Å²) in [5.74, 6) is 0. The van der Waals surface area contributed by atoms with Gasteiger partial charge in [0.1, 0.15) is 0 Å². The summed E-state index contributed by atoms with van der Waals surface area (Å²) in [5, 5.41) is 3.32. The van der Waals surface area contributed by atoms with Crippen LogP contribution >= 0.6 is 0 Å². The molecule has 0 aromatic rings. The van der Waals surface area contributed by atoms with Gasteiger partial charge in [-0.15, -0.1) is 0 Å². The minimum atomic E-state index is -2.83.